The summed E-state index contributed by atoms with van der Waals surface area (Å²) in [6.45, 7) is 4.09. The first kappa shape index (κ1) is 15.9. The minimum atomic E-state index is -0.319. The smallest absolute Gasteiger partial charge is 0.293 e. The molecule has 0 spiro atoms. The zero-order valence-corrected chi connectivity index (χ0v) is 14.1. The van der Waals surface area contributed by atoms with Crippen LogP contribution in [0.5, 0.6) is 0 Å². The molecule has 7 heteroatoms. The quantitative estimate of drug-likeness (QED) is 0.605. The minimum Gasteiger partial charge on any atom is -0.363 e. The Morgan fingerprint density at radius 3 is 2.61 bits per heavy atom. The molecule has 1 fully saturated rings. The maximum Gasteiger partial charge on any atom is 0.293 e. The number of aromatic nitrogens is 1. The van der Waals surface area contributed by atoms with Gasteiger partial charge in [-0.1, -0.05) is 22.0 Å². The molecule has 0 aliphatic carbocycles. The van der Waals surface area contributed by atoms with Gasteiger partial charge in [-0.3, -0.25) is 20.0 Å². The Bertz CT molecular complexity index is 688. The number of anilines is 1. The van der Waals surface area contributed by atoms with Crippen molar-refractivity contribution in [1.82, 2.24) is 9.88 Å². The number of halogens is 1. The Morgan fingerprint density at radius 2 is 1.96 bits per heavy atom. The molecule has 1 aromatic carbocycles. The second-order valence-corrected chi connectivity index (χ2v) is 6.39. The highest BCUT2D eigenvalue weighted by atomic mass is 79.9. The van der Waals surface area contributed by atoms with Gasteiger partial charge in [0.2, 0.25) is 0 Å². The zero-order chi connectivity index (χ0) is 16.2. The lowest BCUT2D eigenvalue weighted by atomic mass is 10.2. The molecular weight excluding hydrogens is 360 g/mol. The van der Waals surface area contributed by atoms with Crippen LogP contribution in [-0.4, -0.2) is 41.0 Å². The lowest BCUT2D eigenvalue weighted by Gasteiger charge is -2.35. The van der Waals surface area contributed by atoms with Crippen molar-refractivity contribution in [3.63, 3.8) is 0 Å². The number of rotatable bonds is 4. The van der Waals surface area contributed by atoms with Gasteiger partial charge in [0.1, 0.15) is 5.69 Å². The van der Waals surface area contributed by atoms with E-state index in [0.29, 0.717) is 5.69 Å². The van der Waals surface area contributed by atoms with Crippen molar-refractivity contribution in [3.05, 3.63) is 62.9 Å². The largest absolute Gasteiger partial charge is 0.363 e. The van der Waals surface area contributed by atoms with Gasteiger partial charge in [-0.05, 0) is 24.3 Å². The molecule has 2 heterocycles. The molecule has 0 radical (unpaired) electrons. The average molecular weight is 377 g/mol. The Morgan fingerprint density at radius 1 is 1.17 bits per heavy atom. The highest BCUT2D eigenvalue weighted by molar-refractivity contribution is 9.10. The lowest BCUT2D eigenvalue weighted by molar-refractivity contribution is -0.384. The van der Waals surface area contributed by atoms with Crippen LogP contribution >= 0.6 is 15.9 Å². The molecule has 0 unspecified atom stereocenters. The summed E-state index contributed by atoms with van der Waals surface area (Å²) in [6.07, 6.45) is 1.80. The van der Waals surface area contributed by atoms with E-state index in [0.717, 1.165) is 42.9 Å². The lowest BCUT2D eigenvalue weighted by Crippen LogP contribution is -2.46. The number of benzene rings is 1. The number of nitrogens with zero attached hydrogens (tertiary/aromatic N) is 4. The van der Waals surface area contributed by atoms with Gasteiger partial charge in [0.25, 0.3) is 5.69 Å². The van der Waals surface area contributed by atoms with Crippen LogP contribution in [0.1, 0.15) is 5.69 Å². The van der Waals surface area contributed by atoms with Gasteiger partial charge in [0, 0.05) is 49.5 Å². The third-order valence-corrected chi connectivity index (χ3v) is 4.45. The van der Waals surface area contributed by atoms with Crippen LogP contribution < -0.4 is 4.90 Å². The number of nitro groups is 1. The topological polar surface area (TPSA) is 62.5 Å². The van der Waals surface area contributed by atoms with E-state index in [9.17, 15) is 10.1 Å². The van der Waals surface area contributed by atoms with Gasteiger partial charge in [-0.25, -0.2) is 0 Å². The van der Waals surface area contributed by atoms with Gasteiger partial charge in [0.05, 0.1) is 10.6 Å². The Hall–Kier alpha value is -1.99. The summed E-state index contributed by atoms with van der Waals surface area (Å²) in [5.74, 6) is 0. The van der Waals surface area contributed by atoms with Crippen molar-refractivity contribution < 1.29 is 4.92 Å². The molecular formula is C16H17BrN4O2. The summed E-state index contributed by atoms with van der Waals surface area (Å²) in [7, 11) is 0. The maximum absolute atomic E-state index is 11.3. The molecule has 1 saturated heterocycles. The van der Waals surface area contributed by atoms with E-state index in [-0.39, 0.29) is 10.6 Å². The van der Waals surface area contributed by atoms with E-state index in [1.54, 1.807) is 12.3 Å². The number of hydrogen-bond acceptors (Lipinski definition) is 5. The fourth-order valence-corrected chi connectivity index (χ4v) is 3.13. The first-order valence-electron chi connectivity index (χ1n) is 7.44. The van der Waals surface area contributed by atoms with Gasteiger partial charge in [-0.2, -0.15) is 0 Å². The molecule has 6 nitrogen and oxygen atoms in total. The molecule has 23 heavy (non-hydrogen) atoms. The second-order valence-electron chi connectivity index (χ2n) is 5.47. The second kappa shape index (κ2) is 7.06. The van der Waals surface area contributed by atoms with Crippen LogP contribution in [-0.2, 0) is 6.54 Å². The summed E-state index contributed by atoms with van der Waals surface area (Å²) in [5, 5.41) is 11.3. The monoisotopic (exact) mass is 376 g/mol. The van der Waals surface area contributed by atoms with Gasteiger partial charge in [-0.15, -0.1) is 0 Å². The van der Waals surface area contributed by atoms with Crippen molar-refractivity contribution in [3.8, 4) is 0 Å². The third kappa shape index (κ3) is 3.86. The predicted molar refractivity (Wildman–Crippen MR) is 92.5 cm³/mol. The summed E-state index contributed by atoms with van der Waals surface area (Å²) >= 11 is 3.30. The van der Waals surface area contributed by atoms with E-state index in [1.807, 2.05) is 30.3 Å². The van der Waals surface area contributed by atoms with E-state index < -0.39 is 0 Å². The molecule has 3 rings (SSSR count). The van der Waals surface area contributed by atoms with Gasteiger partial charge < -0.3 is 4.90 Å². The summed E-state index contributed by atoms with van der Waals surface area (Å²) in [5.41, 5.74) is 1.89. The normalized spacial score (nSPS) is 15.6. The fraction of sp³-hybridized carbons (Fsp3) is 0.312. The van der Waals surface area contributed by atoms with Crippen molar-refractivity contribution in [1.29, 1.82) is 0 Å². The minimum absolute atomic E-state index is 0.151. The first-order chi connectivity index (χ1) is 11.1. The van der Waals surface area contributed by atoms with Crippen molar-refractivity contribution in [2.45, 2.75) is 6.54 Å². The van der Waals surface area contributed by atoms with E-state index in [4.69, 9.17) is 0 Å². The van der Waals surface area contributed by atoms with Gasteiger partial charge >= 0.3 is 0 Å². The molecule has 0 N–H and O–H groups in total. The van der Waals surface area contributed by atoms with E-state index in [1.165, 1.54) is 0 Å². The van der Waals surface area contributed by atoms with Crippen LogP contribution in [0.25, 0.3) is 0 Å². The molecule has 0 bridgehead atoms. The van der Waals surface area contributed by atoms with Crippen LogP contribution in [0.2, 0.25) is 0 Å². The number of hydrogen-bond donors (Lipinski definition) is 0. The molecule has 1 aromatic heterocycles. The standard InChI is InChI=1S/C16H17BrN4O2/c17-13-4-5-15(16(11-13)21(22)23)20-9-7-19(8-10-20)12-14-3-1-2-6-18-14/h1-6,11H,7-10,12H2. The van der Waals surface area contributed by atoms with Crippen molar-refractivity contribution in [2.24, 2.45) is 0 Å². The Labute approximate surface area is 143 Å². The number of pyridine rings is 1. The van der Waals surface area contributed by atoms with Gasteiger partial charge in [0.15, 0.2) is 0 Å². The SMILES string of the molecule is O=[N+]([O-])c1cc(Br)ccc1N1CCN(Cc2ccccn2)CC1. The summed E-state index contributed by atoms with van der Waals surface area (Å²) in [4.78, 5) is 19.7. The van der Waals surface area contributed by atoms with Crippen molar-refractivity contribution in [2.75, 3.05) is 31.1 Å². The van der Waals surface area contributed by atoms with Crippen LogP contribution in [0.3, 0.4) is 0 Å². The highest BCUT2D eigenvalue weighted by Gasteiger charge is 2.24. The molecule has 1 aliphatic heterocycles. The molecule has 120 valence electrons. The van der Waals surface area contributed by atoms with Crippen molar-refractivity contribution >= 4 is 27.3 Å². The van der Waals surface area contributed by atoms with Crippen LogP contribution in [0, 0.1) is 10.1 Å². The summed E-state index contributed by atoms with van der Waals surface area (Å²) < 4.78 is 0.724. The van der Waals surface area contributed by atoms with E-state index in [2.05, 4.69) is 30.7 Å². The third-order valence-electron chi connectivity index (χ3n) is 3.96. The van der Waals surface area contributed by atoms with Crippen LogP contribution in [0.4, 0.5) is 11.4 Å². The molecule has 2 aromatic rings. The average Bonchev–Trinajstić information content (AvgIpc) is 2.56. The molecule has 1 aliphatic rings. The molecule has 0 saturated carbocycles. The van der Waals surface area contributed by atoms with E-state index >= 15 is 0 Å². The Kier molecular flexibility index (Phi) is 4.88. The maximum atomic E-state index is 11.3. The molecule has 0 amide bonds. The molecule has 0 atom stereocenters. The Balaban J connectivity index is 1.66. The van der Waals surface area contributed by atoms with Crippen LogP contribution in [0.15, 0.2) is 47.1 Å². The predicted octanol–water partition coefficient (Wildman–Crippen LogP) is 3.07. The first-order valence-corrected chi connectivity index (χ1v) is 8.24. The summed E-state index contributed by atoms with van der Waals surface area (Å²) in [6, 6.07) is 11.2. The zero-order valence-electron chi connectivity index (χ0n) is 12.6. The highest BCUT2D eigenvalue weighted by Crippen LogP contribution is 2.31. The number of nitro benzene ring substituents is 1. The fourth-order valence-electron chi connectivity index (χ4n) is 2.78. The number of piperazine rings is 1.